The molecule has 0 saturated carbocycles. The molecule has 0 amide bonds. The van der Waals surface area contributed by atoms with Gasteiger partial charge < -0.3 is 4.57 Å². The summed E-state index contributed by atoms with van der Waals surface area (Å²) >= 11 is 12.0. The van der Waals surface area contributed by atoms with Crippen molar-refractivity contribution in [3.63, 3.8) is 0 Å². The molecule has 2 aromatic rings. The molecule has 106 valence electrons. The Hall–Kier alpha value is -1.52. The average Bonchev–Trinajstić information content (AvgIpc) is 2.42. The monoisotopic (exact) mass is 312 g/mol. The van der Waals surface area contributed by atoms with Crippen LogP contribution in [0, 0.1) is 0 Å². The fourth-order valence-corrected chi connectivity index (χ4v) is 2.33. The summed E-state index contributed by atoms with van der Waals surface area (Å²) in [6, 6.07) is 6.53. The third-order valence-corrected chi connectivity index (χ3v) is 3.82. The van der Waals surface area contributed by atoms with E-state index in [0.717, 1.165) is 11.0 Å². The molecule has 0 spiro atoms. The van der Waals surface area contributed by atoms with Crippen LogP contribution in [0.4, 0.5) is 0 Å². The fourth-order valence-electron chi connectivity index (χ4n) is 1.95. The van der Waals surface area contributed by atoms with E-state index in [-0.39, 0.29) is 17.8 Å². The maximum atomic E-state index is 12.2. The summed E-state index contributed by atoms with van der Waals surface area (Å²) in [5, 5.41) is 0.772. The summed E-state index contributed by atoms with van der Waals surface area (Å²) in [6.45, 7) is 2.65. The van der Waals surface area contributed by atoms with Gasteiger partial charge in [-0.1, -0.05) is 42.3 Å². The Bertz CT molecular complexity index is 735. The van der Waals surface area contributed by atoms with Crippen LogP contribution in [0.15, 0.2) is 40.1 Å². The van der Waals surface area contributed by atoms with Gasteiger partial charge in [-0.25, -0.2) is 4.79 Å². The highest BCUT2D eigenvalue weighted by atomic mass is 35.5. The average molecular weight is 313 g/mol. The Kier molecular flexibility index (Phi) is 4.68. The maximum absolute atomic E-state index is 12.2. The van der Waals surface area contributed by atoms with Gasteiger partial charge in [0.1, 0.15) is 0 Å². The smallest absolute Gasteiger partial charge is 0.300 e. The number of hydrogen-bond donors (Lipinski definition) is 0. The molecule has 0 radical (unpaired) electrons. The van der Waals surface area contributed by atoms with E-state index in [2.05, 4.69) is 0 Å². The molecular formula is C14H14Cl2N2O2. The minimum absolute atomic E-state index is 0.113. The second-order valence-electron chi connectivity index (χ2n) is 4.43. The molecule has 2 rings (SSSR count). The number of rotatable bonds is 4. The van der Waals surface area contributed by atoms with E-state index in [9.17, 15) is 9.59 Å². The van der Waals surface area contributed by atoms with Gasteiger partial charge in [-0.3, -0.25) is 9.36 Å². The standard InChI is InChI=1S/C14H14Cl2N2O2/c1-2-7-17-8-6-12(19)18(14(17)20)9-10-4-3-5-11(15)13(10)16/h3-6,8H,2,7,9H2,1H3. The molecule has 0 aliphatic carbocycles. The Balaban J connectivity index is 2.48. The van der Waals surface area contributed by atoms with Crippen molar-refractivity contribution < 1.29 is 0 Å². The molecule has 0 fully saturated rings. The van der Waals surface area contributed by atoms with Gasteiger partial charge in [0.05, 0.1) is 16.6 Å². The number of nitrogens with zero attached hydrogens (tertiary/aromatic N) is 2. The predicted octanol–water partition coefficient (Wildman–Crippen LogP) is 2.78. The van der Waals surface area contributed by atoms with Crippen molar-refractivity contribution in [2.24, 2.45) is 0 Å². The quantitative estimate of drug-likeness (QED) is 0.871. The van der Waals surface area contributed by atoms with Gasteiger partial charge in [0.2, 0.25) is 0 Å². The Morgan fingerprint density at radius 2 is 1.90 bits per heavy atom. The molecule has 0 aliphatic rings. The van der Waals surface area contributed by atoms with Crippen LogP contribution < -0.4 is 11.2 Å². The summed E-state index contributed by atoms with van der Waals surface area (Å²) in [5.74, 6) is 0. The van der Waals surface area contributed by atoms with Gasteiger partial charge in [-0.15, -0.1) is 0 Å². The van der Waals surface area contributed by atoms with Crippen LogP contribution >= 0.6 is 23.2 Å². The molecule has 6 heteroatoms. The van der Waals surface area contributed by atoms with Crippen molar-refractivity contribution in [1.82, 2.24) is 9.13 Å². The van der Waals surface area contributed by atoms with Gasteiger partial charge >= 0.3 is 5.69 Å². The van der Waals surface area contributed by atoms with Gasteiger partial charge in [0.15, 0.2) is 0 Å². The third-order valence-electron chi connectivity index (χ3n) is 2.96. The topological polar surface area (TPSA) is 44.0 Å². The lowest BCUT2D eigenvalue weighted by molar-refractivity contribution is 0.571. The molecule has 0 N–H and O–H groups in total. The molecule has 0 atom stereocenters. The highest BCUT2D eigenvalue weighted by molar-refractivity contribution is 6.42. The predicted molar refractivity (Wildman–Crippen MR) is 80.8 cm³/mol. The van der Waals surface area contributed by atoms with Crippen LogP contribution in [0.2, 0.25) is 10.0 Å². The molecule has 4 nitrogen and oxygen atoms in total. The first kappa shape index (κ1) is 14.9. The summed E-state index contributed by atoms with van der Waals surface area (Å²) in [6.07, 6.45) is 2.33. The van der Waals surface area contributed by atoms with Gasteiger partial charge in [0.25, 0.3) is 5.56 Å². The first-order valence-corrected chi connectivity index (χ1v) is 7.03. The molecule has 0 aliphatic heterocycles. The van der Waals surface area contributed by atoms with Crippen LogP contribution in [-0.2, 0) is 13.1 Å². The van der Waals surface area contributed by atoms with E-state index in [0.29, 0.717) is 22.2 Å². The summed E-state index contributed by atoms with van der Waals surface area (Å²) in [5.41, 5.74) is -0.0404. The lowest BCUT2D eigenvalue weighted by atomic mass is 10.2. The third kappa shape index (κ3) is 2.97. The zero-order valence-electron chi connectivity index (χ0n) is 11.0. The SMILES string of the molecule is CCCn1ccc(=O)n(Cc2cccc(Cl)c2Cl)c1=O. The van der Waals surface area contributed by atoms with Gasteiger partial charge in [-0.05, 0) is 18.1 Å². The maximum Gasteiger partial charge on any atom is 0.331 e. The first-order chi connectivity index (χ1) is 9.54. The largest absolute Gasteiger partial charge is 0.331 e. The van der Waals surface area contributed by atoms with E-state index in [1.54, 1.807) is 18.2 Å². The van der Waals surface area contributed by atoms with Crippen molar-refractivity contribution in [3.8, 4) is 0 Å². The molecule has 1 aromatic heterocycles. The van der Waals surface area contributed by atoms with E-state index in [1.165, 1.54) is 16.8 Å². The number of halogens is 2. The molecular weight excluding hydrogens is 299 g/mol. The van der Waals surface area contributed by atoms with E-state index < -0.39 is 0 Å². The first-order valence-electron chi connectivity index (χ1n) is 6.27. The van der Waals surface area contributed by atoms with E-state index in [1.807, 2.05) is 6.92 Å². The Morgan fingerprint density at radius 3 is 2.60 bits per heavy atom. The zero-order valence-corrected chi connectivity index (χ0v) is 12.5. The lowest BCUT2D eigenvalue weighted by Gasteiger charge is -2.10. The minimum Gasteiger partial charge on any atom is -0.300 e. The van der Waals surface area contributed by atoms with Crippen molar-refractivity contribution in [2.75, 3.05) is 0 Å². The number of aryl methyl sites for hydroxylation is 1. The summed E-state index contributed by atoms with van der Waals surface area (Å²) < 4.78 is 2.67. The number of benzene rings is 1. The van der Waals surface area contributed by atoms with Crippen molar-refractivity contribution in [1.29, 1.82) is 0 Å². The highest BCUT2D eigenvalue weighted by Crippen LogP contribution is 2.25. The lowest BCUT2D eigenvalue weighted by Crippen LogP contribution is -2.39. The fraction of sp³-hybridized carbons (Fsp3) is 0.286. The highest BCUT2D eigenvalue weighted by Gasteiger charge is 2.09. The van der Waals surface area contributed by atoms with E-state index >= 15 is 0 Å². The molecule has 0 bridgehead atoms. The molecule has 1 aromatic carbocycles. The van der Waals surface area contributed by atoms with Crippen LogP contribution in [-0.4, -0.2) is 9.13 Å². The molecule has 20 heavy (non-hydrogen) atoms. The summed E-state index contributed by atoms with van der Waals surface area (Å²) in [7, 11) is 0. The van der Waals surface area contributed by atoms with Crippen molar-refractivity contribution in [2.45, 2.75) is 26.4 Å². The van der Waals surface area contributed by atoms with Crippen LogP contribution in [0.1, 0.15) is 18.9 Å². The van der Waals surface area contributed by atoms with Gasteiger partial charge in [-0.2, -0.15) is 0 Å². The van der Waals surface area contributed by atoms with Crippen LogP contribution in [0.5, 0.6) is 0 Å². The Labute approximate surface area is 126 Å². The minimum atomic E-state index is -0.349. The second kappa shape index (κ2) is 6.29. The summed E-state index contributed by atoms with van der Waals surface area (Å²) in [4.78, 5) is 24.1. The van der Waals surface area contributed by atoms with Gasteiger partial charge in [0, 0.05) is 18.8 Å². The van der Waals surface area contributed by atoms with Crippen molar-refractivity contribution >= 4 is 23.2 Å². The molecule has 0 unspecified atom stereocenters. The second-order valence-corrected chi connectivity index (χ2v) is 5.21. The molecule has 1 heterocycles. The number of hydrogen-bond acceptors (Lipinski definition) is 2. The Morgan fingerprint density at radius 1 is 1.15 bits per heavy atom. The molecule has 0 saturated heterocycles. The zero-order chi connectivity index (χ0) is 14.7. The van der Waals surface area contributed by atoms with Crippen LogP contribution in [0.3, 0.4) is 0 Å². The van der Waals surface area contributed by atoms with Crippen LogP contribution in [0.25, 0.3) is 0 Å². The van der Waals surface area contributed by atoms with Crippen molar-refractivity contribution in [3.05, 3.63) is 66.9 Å². The number of aromatic nitrogens is 2. The van der Waals surface area contributed by atoms with E-state index in [4.69, 9.17) is 23.2 Å². The normalized spacial score (nSPS) is 10.8.